The van der Waals surface area contributed by atoms with Gasteiger partial charge in [-0.1, -0.05) is 30.3 Å². The molecule has 0 unspecified atom stereocenters. The molecule has 0 radical (unpaired) electrons. The number of aromatic nitrogens is 3. The predicted molar refractivity (Wildman–Crippen MR) is 72.2 cm³/mol. The molecule has 0 saturated carbocycles. The van der Waals surface area contributed by atoms with Crippen molar-refractivity contribution < 1.29 is 0 Å². The molecule has 1 N–H and O–H groups in total. The van der Waals surface area contributed by atoms with Gasteiger partial charge in [0.1, 0.15) is 12.2 Å². The van der Waals surface area contributed by atoms with Gasteiger partial charge in [-0.15, -0.1) is 0 Å². The van der Waals surface area contributed by atoms with Crippen molar-refractivity contribution in [1.82, 2.24) is 20.1 Å². The molecule has 2 aromatic rings. The molecule has 0 saturated heterocycles. The topological polar surface area (TPSA) is 42.7 Å². The van der Waals surface area contributed by atoms with Gasteiger partial charge in [0.15, 0.2) is 0 Å². The highest BCUT2D eigenvalue weighted by molar-refractivity contribution is 5.14. The fraction of sp³-hybridized carbons (Fsp3) is 0.429. The van der Waals surface area contributed by atoms with Crippen molar-refractivity contribution in [2.24, 2.45) is 0 Å². The van der Waals surface area contributed by atoms with Gasteiger partial charge in [-0.05, 0) is 31.9 Å². The third kappa shape index (κ3) is 3.67. The fourth-order valence-corrected chi connectivity index (χ4v) is 1.95. The van der Waals surface area contributed by atoms with E-state index in [1.165, 1.54) is 5.56 Å². The number of rotatable bonds is 7. The maximum atomic E-state index is 4.23. The molecule has 0 atom stereocenters. The Hall–Kier alpha value is -1.68. The number of hydrogen-bond donors (Lipinski definition) is 1. The maximum absolute atomic E-state index is 4.23. The van der Waals surface area contributed by atoms with Gasteiger partial charge in [-0.3, -0.25) is 0 Å². The van der Waals surface area contributed by atoms with E-state index >= 15 is 0 Å². The lowest BCUT2D eigenvalue weighted by atomic mass is 10.1. The molecule has 1 aromatic carbocycles. The van der Waals surface area contributed by atoms with Crippen molar-refractivity contribution in [1.29, 1.82) is 0 Å². The van der Waals surface area contributed by atoms with Crippen LogP contribution in [0.15, 0.2) is 36.7 Å². The van der Waals surface area contributed by atoms with Crippen LogP contribution in [0.2, 0.25) is 0 Å². The van der Waals surface area contributed by atoms with Gasteiger partial charge < -0.3 is 5.32 Å². The Labute approximate surface area is 108 Å². The normalized spacial score (nSPS) is 10.7. The lowest BCUT2D eigenvalue weighted by Gasteiger charge is -2.05. The molecular formula is C14H20N4. The van der Waals surface area contributed by atoms with E-state index in [4.69, 9.17) is 0 Å². The Morgan fingerprint density at radius 2 is 2.06 bits per heavy atom. The van der Waals surface area contributed by atoms with Crippen LogP contribution in [0, 0.1) is 0 Å². The van der Waals surface area contributed by atoms with E-state index in [0.29, 0.717) is 0 Å². The van der Waals surface area contributed by atoms with Crippen LogP contribution < -0.4 is 5.32 Å². The van der Waals surface area contributed by atoms with Gasteiger partial charge in [0.2, 0.25) is 0 Å². The molecule has 2 rings (SSSR count). The number of aryl methyl sites for hydroxylation is 2. The highest BCUT2D eigenvalue weighted by Crippen LogP contribution is 2.01. The summed E-state index contributed by atoms with van der Waals surface area (Å²) in [6.07, 6.45) is 3.88. The standard InChI is InChI=1S/C14H20N4/c1-2-18-14(16-12-17-18)11-15-10-6-9-13-7-4-3-5-8-13/h3-5,7-8,12,15H,2,6,9-11H2,1H3. The van der Waals surface area contributed by atoms with E-state index in [9.17, 15) is 0 Å². The van der Waals surface area contributed by atoms with E-state index in [2.05, 4.69) is 52.7 Å². The van der Waals surface area contributed by atoms with Gasteiger partial charge in [0, 0.05) is 6.54 Å². The fourth-order valence-electron chi connectivity index (χ4n) is 1.95. The van der Waals surface area contributed by atoms with Gasteiger partial charge in [0.25, 0.3) is 0 Å². The Bertz CT molecular complexity index is 450. The van der Waals surface area contributed by atoms with Crippen LogP contribution in [0.3, 0.4) is 0 Å². The van der Waals surface area contributed by atoms with Crippen molar-refractivity contribution in [3.63, 3.8) is 0 Å². The molecule has 1 aromatic heterocycles. The number of nitrogens with zero attached hydrogens (tertiary/aromatic N) is 3. The van der Waals surface area contributed by atoms with Gasteiger partial charge >= 0.3 is 0 Å². The van der Waals surface area contributed by atoms with Crippen molar-refractivity contribution >= 4 is 0 Å². The molecular weight excluding hydrogens is 224 g/mol. The highest BCUT2D eigenvalue weighted by atomic mass is 15.3. The Balaban J connectivity index is 1.65. The van der Waals surface area contributed by atoms with E-state index in [1.807, 2.05) is 4.68 Å². The summed E-state index contributed by atoms with van der Waals surface area (Å²) < 4.78 is 1.92. The monoisotopic (exact) mass is 244 g/mol. The molecule has 0 amide bonds. The summed E-state index contributed by atoms with van der Waals surface area (Å²) in [4.78, 5) is 4.23. The average molecular weight is 244 g/mol. The number of hydrogen-bond acceptors (Lipinski definition) is 3. The summed E-state index contributed by atoms with van der Waals surface area (Å²) in [5.41, 5.74) is 1.40. The van der Waals surface area contributed by atoms with Gasteiger partial charge in [-0.2, -0.15) is 5.10 Å². The number of benzene rings is 1. The average Bonchev–Trinajstić information content (AvgIpc) is 2.87. The molecule has 4 heteroatoms. The second-order valence-corrected chi connectivity index (χ2v) is 4.26. The lowest BCUT2D eigenvalue weighted by Crippen LogP contribution is -2.18. The first-order chi connectivity index (χ1) is 8.90. The Morgan fingerprint density at radius 1 is 1.22 bits per heavy atom. The van der Waals surface area contributed by atoms with E-state index in [1.54, 1.807) is 6.33 Å². The van der Waals surface area contributed by atoms with Crippen LogP contribution in [-0.4, -0.2) is 21.3 Å². The molecule has 18 heavy (non-hydrogen) atoms. The number of nitrogens with one attached hydrogen (secondary N) is 1. The zero-order valence-corrected chi connectivity index (χ0v) is 10.8. The van der Waals surface area contributed by atoms with E-state index < -0.39 is 0 Å². The Kier molecular flexibility index (Phi) is 4.90. The van der Waals surface area contributed by atoms with Crippen molar-refractivity contribution in [2.45, 2.75) is 32.9 Å². The predicted octanol–water partition coefficient (Wildman–Crippen LogP) is 2.02. The van der Waals surface area contributed by atoms with Gasteiger partial charge in [0.05, 0.1) is 6.54 Å². The highest BCUT2D eigenvalue weighted by Gasteiger charge is 2.00. The minimum Gasteiger partial charge on any atom is -0.310 e. The van der Waals surface area contributed by atoms with Crippen LogP contribution in [0.4, 0.5) is 0 Å². The SMILES string of the molecule is CCn1ncnc1CNCCCc1ccccc1. The third-order valence-corrected chi connectivity index (χ3v) is 2.94. The first kappa shape index (κ1) is 12.8. The third-order valence-electron chi connectivity index (χ3n) is 2.94. The van der Waals surface area contributed by atoms with E-state index in [-0.39, 0.29) is 0 Å². The first-order valence-corrected chi connectivity index (χ1v) is 6.51. The van der Waals surface area contributed by atoms with Crippen LogP contribution in [0.1, 0.15) is 24.7 Å². The smallest absolute Gasteiger partial charge is 0.140 e. The van der Waals surface area contributed by atoms with Crippen molar-refractivity contribution in [3.05, 3.63) is 48.0 Å². The minimum absolute atomic E-state index is 0.794. The summed E-state index contributed by atoms with van der Waals surface area (Å²) >= 11 is 0. The van der Waals surface area contributed by atoms with Gasteiger partial charge in [-0.25, -0.2) is 9.67 Å². The van der Waals surface area contributed by atoms with Crippen LogP contribution in [0.25, 0.3) is 0 Å². The van der Waals surface area contributed by atoms with Crippen molar-refractivity contribution in [2.75, 3.05) is 6.54 Å². The molecule has 0 aliphatic heterocycles. The summed E-state index contributed by atoms with van der Waals surface area (Å²) in [6, 6.07) is 10.6. The lowest BCUT2D eigenvalue weighted by molar-refractivity contribution is 0.564. The zero-order valence-electron chi connectivity index (χ0n) is 10.8. The summed E-state index contributed by atoms with van der Waals surface area (Å²) in [6.45, 7) is 4.75. The summed E-state index contributed by atoms with van der Waals surface area (Å²) in [5, 5.41) is 7.56. The molecule has 0 bridgehead atoms. The first-order valence-electron chi connectivity index (χ1n) is 6.51. The summed E-state index contributed by atoms with van der Waals surface area (Å²) in [5.74, 6) is 1.01. The maximum Gasteiger partial charge on any atom is 0.140 e. The molecule has 1 heterocycles. The Morgan fingerprint density at radius 3 is 2.83 bits per heavy atom. The van der Waals surface area contributed by atoms with Crippen LogP contribution >= 0.6 is 0 Å². The van der Waals surface area contributed by atoms with Crippen molar-refractivity contribution in [3.8, 4) is 0 Å². The molecule has 0 aliphatic rings. The molecule has 4 nitrogen and oxygen atoms in total. The summed E-state index contributed by atoms with van der Waals surface area (Å²) in [7, 11) is 0. The van der Waals surface area contributed by atoms with Crippen LogP contribution in [0.5, 0.6) is 0 Å². The molecule has 0 aliphatic carbocycles. The zero-order chi connectivity index (χ0) is 12.6. The second kappa shape index (κ2) is 6.91. The minimum atomic E-state index is 0.794. The quantitative estimate of drug-likeness (QED) is 0.758. The van der Waals surface area contributed by atoms with Crippen LogP contribution in [-0.2, 0) is 19.5 Å². The largest absolute Gasteiger partial charge is 0.310 e. The molecule has 0 spiro atoms. The van der Waals surface area contributed by atoms with E-state index in [0.717, 1.165) is 38.3 Å². The molecule has 96 valence electrons. The second-order valence-electron chi connectivity index (χ2n) is 4.26. The molecule has 0 fully saturated rings.